The SMILES string of the molecule is CCCCC(c1ccccc1CC)C(C)C(C)CCC(C)C. The van der Waals surface area contributed by atoms with Gasteiger partial charge in [0.1, 0.15) is 0 Å². The van der Waals surface area contributed by atoms with E-state index >= 15 is 0 Å². The molecule has 3 atom stereocenters. The lowest BCUT2D eigenvalue weighted by Gasteiger charge is -2.31. The van der Waals surface area contributed by atoms with E-state index < -0.39 is 0 Å². The minimum atomic E-state index is 0.735. The van der Waals surface area contributed by atoms with Crippen molar-refractivity contribution in [2.24, 2.45) is 17.8 Å². The molecule has 0 bridgehead atoms. The second-order valence-corrected chi connectivity index (χ2v) is 7.61. The second-order valence-electron chi connectivity index (χ2n) is 7.61. The Kier molecular flexibility index (Phi) is 8.83. The Labute approximate surface area is 139 Å². The third-order valence-electron chi connectivity index (χ3n) is 5.44. The molecule has 126 valence electrons. The van der Waals surface area contributed by atoms with Gasteiger partial charge in [0.15, 0.2) is 0 Å². The Balaban J connectivity index is 2.91. The van der Waals surface area contributed by atoms with Gasteiger partial charge in [-0.15, -0.1) is 0 Å². The zero-order valence-corrected chi connectivity index (χ0v) is 15.9. The third-order valence-corrected chi connectivity index (χ3v) is 5.44. The highest BCUT2D eigenvalue weighted by atomic mass is 14.3. The minimum Gasteiger partial charge on any atom is -0.0654 e. The summed E-state index contributed by atoms with van der Waals surface area (Å²) < 4.78 is 0. The zero-order valence-electron chi connectivity index (χ0n) is 15.9. The molecular weight excluding hydrogens is 264 g/mol. The number of hydrogen-bond donors (Lipinski definition) is 0. The number of unbranched alkanes of at least 4 members (excludes halogenated alkanes) is 1. The molecule has 0 fully saturated rings. The van der Waals surface area contributed by atoms with Crippen LogP contribution in [-0.2, 0) is 6.42 Å². The average Bonchev–Trinajstić information content (AvgIpc) is 2.53. The van der Waals surface area contributed by atoms with E-state index in [2.05, 4.69) is 65.8 Å². The summed E-state index contributed by atoms with van der Waals surface area (Å²) in [5.41, 5.74) is 3.19. The van der Waals surface area contributed by atoms with Gasteiger partial charge in [0.2, 0.25) is 0 Å². The van der Waals surface area contributed by atoms with Gasteiger partial charge < -0.3 is 0 Å². The first-order chi connectivity index (χ1) is 10.5. The zero-order chi connectivity index (χ0) is 16.5. The summed E-state index contributed by atoms with van der Waals surface area (Å²) in [5, 5.41) is 0. The molecule has 0 aliphatic rings. The molecule has 0 amide bonds. The maximum Gasteiger partial charge on any atom is -0.0131 e. The summed E-state index contributed by atoms with van der Waals surface area (Å²) in [6.45, 7) is 14.3. The van der Waals surface area contributed by atoms with Crippen LogP contribution < -0.4 is 0 Å². The Morgan fingerprint density at radius 2 is 1.55 bits per heavy atom. The molecular formula is C22H38. The van der Waals surface area contributed by atoms with Gasteiger partial charge in [-0.1, -0.05) is 91.5 Å². The molecule has 0 saturated heterocycles. The van der Waals surface area contributed by atoms with Crippen molar-refractivity contribution in [2.45, 2.75) is 86.0 Å². The monoisotopic (exact) mass is 302 g/mol. The highest BCUT2D eigenvalue weighted by Crippen LogP contribution is 2.38. The Morgan fingerprint density at radius 1 is 0.864 bits per heavy atom. The first-order valence-electron chi connectivity index (χ1n) is 9.58. The van der Waals surface area contributed by atoms with Crippen LogP contribution in [0.25, 0.3) is 0 Å². The van der Waals surface area contributed by atoms with E-state index in [1.807, 2.05) is 0 Å². The van der Waals surface area contributed by atoms with Crippen molar-refractivity contribution in [2.75, 3.05) is 0 Å². The van der Waals surface area contributed by atoms with E-state index in [4.69, 9.17) is 0 Å². The summed E-state index contributed by atoms with van der Waals surface area (Å²) in [7, 11) is 0. The molecule has 0 radical (unpaired) electrons. The molecule has 0 N–H and O–H groups in total. The lowest BCUT2D eigenvalue weighted by atomic mass is 9.74. The average molecular weight is 303 g/mol. The molecule has 0 aliphatic heterocycles. The molecule has 1 rings (SSSR count). The molecule has 1 aromatic carbocycles. The van der Waals surface area contributed by atoms with Crippen LogP contribution in [0.4, 0.5) is 0 Å². The Bertz CT molecular complexity index is 404. The highest BCUT2D eigenvalue weighted by Gasteiger charge is 2.25. The van der Waals surface area contributed by atoms with Crippen LogP contribution in [0.2, 0.25) is 0 Å². The molecule has 0 heterocycles. The fourth-order valence-electron chi connectivity index (χ4n) is 3.60. The van der Waals surface area contributed by atoms with Crippen molar-refractivity contribution in [3.05, 3.63) is 35.4 Å². The summed E-state index contributed by atoms with van der Waals surface area (Å²) >= 11 is 0. The van der Waals surface area contributed by atoms with E-state index in [0.717, 1.165) is 30.1 Å². The normalized spacial score (nSPS) is 15.8. The fourth-order valence-corrected chi connectivity index (χ4v) is 3.60. The summed E-state index contributed by atoms with van der Waals surface area (Å²) in [4.78, 5) is 0. The van der Waals surface area contributed by atoms with Crippen molar-refractivity contribution in [1.29, 1.82) is 0 Å². The third kappa shape index (κ3) is 5.78. The molecule has 0 nitrogen and oxygen atoms in total. The maximum absolute atomic E-state index is 2.50. The summed E-state index contributed by atoms with van der Waals surface area (Å²) in [6.07, 6.45) is 7.89. The van der Waals surface area contributed by atoms with Crippen molar-refractivity contribution >= 4 is 0 Å². The van der Waals surface area contributed by atoms with Gasteiger partial charge in [0, 0.05) is 0 Å². The largest absolute Gasteiger partial charge is 0.0654 e. The topological polar surface area (TPSA) is 0 Å². The minimum absolute atomic E-state index is 0.735. The van der Waals surface area contributed by atoms with Gasteiger partial charge in [-0.3, -0.25) is 0 Å². The number of hydrogen-bond acceptors (Lipinski definition) is 0. The van der Waals surface area contributed by atoms with E-state index in [-0.39, 0.29) is 0 Å². The van der Waals surface area contributed by atoms with Crippen LogP contribution in [0.3, 0.4) is 0 Å². The van der Waals surface area contributed by atoms with Crippen LogP contribution in [0.5, 0.6) is 0 Å². The van der Waals surface area contributed by atoms with Gasteiger partial charge in [-0.25, -0.2) is 0 Å². The predicted octanol–water partition coefficient (Wildman–Crippen LogP) is 7.23. The Morgan fingerprint density at radius 3 is 2.14 bits per heavy atom. The van der Waals surface area contributed by atoms with Gasteiger partial charge >= 0.3 is 0 Å². The predicted molar refractivity (Wildman–Crippen MR) is 100 cm³/mol. The van der Waals surface area contributed by atoms with Gasteiger partial charge in [0.05, 0.1) is 0 Å². The molecule has 3 unspecified atom stereocenters. The Hall–Kier alpha value is -0.780. The molecule has 0 heteroatoms. The van der Waals surface area contributed by atoms with Crippen molar-refractivity contribution in [1.82, 2.24) is 0 Å². The number of benzene rings is 1. The van der Waals surface area contributed by atoms with Crippen LogP contribution in [0.1, 0.15) is 90.7 Å². The smallest absolute Gasteiger partial charge is 0.0131 e. The number of aryl methyl sites for hydroxylation is 1. The van der Waals surface area contributed by atoms with Gasteiger partial charge in [0.25, 0.3) is 0 Å². The summed E-state index contributed by atoms with van der Waals surface area (Å²) in [6, 6.07) is 9.16. The fraction of sp³-hybridized carbons (Fsp3) is 0.727. The van der Waals surface area contributed by atoms with Gasteiger partial charge in [-0.05, 0) is 47.6 Å². The first kappa shape index (κ1) is 19.3. The highest BCUT2D eigenvalue weighted by molar-refractivity contribution is 5.31. The second kappa shape index (κ2) is 10.1. The van der Waals surface area contributed by atoms with E-state index in [1.165, 1.54) is 32.1 Å². The standard InChI is InChI=1S/C22H38/c1-7-9-13-21(19(6)18(5)16-15-17(3)4)22-14-11-10-12-20(22)8-2/h10-12,14,17-19,21H,7-9,13,15-16H2,1-6H3. The molecule has 0 saturated carbocycles. The molecule has 0 aromatic heterocycles. The molecule has 0 aliphatic carbocycles. The molecule has 1 aromatic rings. The lowest BCUT2D eigenvalue weighted by Crippen LogP contribution is -2.19. The van der Waals surface area contributed by atoms with Crippen molar-refractivity contribution < 1.29 is 0 Å². The van der Waals surface area contributed by atoms with Crippen LogP contribution >= 0.6 is 0 Å². The summed E-state index contributed by atoms with van der Waals surface area (Å²) in [5.74, 6) is 3.15. The quantitative estimate of drug-likeness (QED) is 0.427. The van der Waals surface area contributed by atoms with E-state index in [0.29, 0.717) is 0 Å². The van der Waals surface area contributed by atoms with Crippen LogP contribution in [-0.4, -0.2) is 0 Å². The number of rotatable bonds is 10. The molecule has 0 spiro atoms. The maximum atomic E-state index is 2.50. The van der Waals surface area contributed by atoms with Crippen LogP contribution in [0, 0.1) is 17.8 Å². The first-order valence-corrected chi connectivity index (χ1v) is 9.58. The lowest BCUT2D eigenvalue weighted by molar-refractivity contribution is 0.278. The van der Waals surface area contributed by atoms with Crippen molar-refractivity contribution in [3.63, 3.8) is 0 Å². The molecule has 22 heavy (non-hydrogen) atoms. The van der Waals surface area contributed by atoms with Crippen molar-refractivity contribution in [3.8, 4) is 0 Å². The van der Waals surface area contributed by atoms with Gasteiger partial charge in [-0.2, -0.15) is 0 Å². The van der Waals surface area contributed by atoms with E-state index in [9.17, 15) is 0 Å². The van der Waals surface area contributed by atoms with E-state index in [1.54, 1.807) is 11.1 Å². The van der Waals surface area contributed by atoms with Crippen LogP contribution in [0.15, 0.2) is 24.3 Å².